The molecule has 0 unspecified atom stereocenters. The molecule has 91 valence electrons. The summed E-state index contributed by atoms with van der Waals surface area (Å²) in [7, 11) is 0. The SMILES string of the molecule is CC[NH][Zr](=[N]C(C)(C)C)([NH]CC)[NH]CC. The summed E-state index contributed by atoms with van der Waals surface area (Å²) in [5.41, 5.74) is 0.0165. The monoisotopic (exact) mass is 293 g/mol. The van der Waals surface area contributed by atoms with Crippen molar-refractivity contribution in [2.45, 2.75) is 47.1 Å². The Balaban J connectivity index is 5.00. The summed E-state index contributed by atoms with van der Waals surface area (Å²) in [6.45, 7) is 15.8. The first-order valence-electron chi connectivity index (χ1n) is 5.88. The van der Waals surface area contributed by atoms with E-state index in [2.05, 4.69) is 51.3 Å². The molecule has 15 heavy (non-hydrogen) atoms. The van der Waals surface area contributed by atoms with Crippen LogP contribution in [0, 0.1) is 0 Å². The molecule has 0 fully saturated rings. The van der Waals surface area contributed by atoms with E-state index < -0.39 is 21.0 Å². The predicted molar refractivity (Wildman–Crippen MR) is 63.2 cm³/mol. The zero-order valence-corrected chi connectivity index (χ0v) is 13.5. The minimum atomic E-state index is -2.86. The van der Waals surface area contributed by atoms with Crippen molar-refractivity contribution in [1.29, 1.82) is 0 Å². The number of nitrogens with one attached hydrogen (secondary N) is 3. The number of rotatable bonds is 6. The van der Waals surface area contributed by atoms with Gasteiger partial charge in [-0.25, -0.2) is 0 Å². The van der Waals surface area contributed by atoms with Gasteiger partial charge in [-0.05, 0) is 0 Å². The van der Waals surface area contributed by atoms with Crippen molar-refractivity contribution in [1.82, 2.24) is 9.78 Å². The number of nitrogens with zero attached hydrogens (tertiary/aromatic N) is 1. The van der Waals surface area contributed by atoms with Gasteiger partial charge < -0.3 is 0 Å². The minimum absolute atomic E-state index is 0.0165. The summed E-state index contributed by atoms with van der Waals surface area (Å²) in [5, 5.41) is 0. The molecule has 0 aromatic carbocycles. The molecule has 3 N–H and O–H groups in total. The van der Waals surface area contributed by atoms with Gasteiger partial charge >= 0.3 is 100 Å². The van der Waals surface area contributed by atoms with Crippen molar-refractivity contribution < 1.29 is 21.0 Å². The first-order valence-corrected chi connectivity index (χ1v) is 10.7. The van der Waals surface area contributed by atoms with E-state index in [1.54, 1.807) is 0 Å². The summed E-state index contributed by atoms with van der Waals surface area (Å²) < 4.78 is 15.7. The third-order valence-electron chi connectivity index (χ3n) is 1.80. The Bertz CT molecular complexity index is 196. The van der Waals surface area contributed by atoms with Crippen LogP contribution >= 0.6 is 0 Å². The van der Waals surface area contributed by atoms with Crippen LogP contribution in [0.15, 0.2) is 2.87 Å². The normalized spacial score (nSPS) is 12.9. The van der Waals surface area contributed by atoms with Gasteiger partial charge in [0.15, 0.2) is 0 Å². The van der Waals surface area contributed by atoms with E-state index in [0.717, 1.165) is 19.6 Å². The van der Waals surface area contributed by atoms with Crippen molar-refractivity contribution in [3.8, 4) is 0 Å². The molecule has 0 spiro atoms. The van der Waals surface area contributed by atoms with Gasteiger partial charge in [-0.3, -0.25) is 0 Å². The average molecular weight is 295 g/mol. The maximum absolute atomic E-state index is 4.99. The molecular weight excluding hydrogens is 267 g/mol. The molecule has 0 aliphatic heterocycles. The second kappa shape index (κ2) is 7.00. The van der Waals surface area contributed by atoms with Crippen LogP contribution in [0.25, 0.3) is 0 Å². The number of hydrogen-bond acceptors (Lipinski definition) is 1. The molecule has 0 aliphatic rings. The van der Waals surface area contributed by atoms with Crippen molar-refractivity contribution >= 4 is 0 Å². The van der Waals surface area contributed by atoms with E-state index >= 15 is 0 Å². The average Bonchev–Trinajstić information content (AvgIpc) is 2.01. The van der Waals surface area contributed by atoms with Crippen LogP contribution in [0.5, 0.6) is 0 Å². The van der Waals surface area contributed by atoms with Crippen molar-refractivity contribution in [3.05, 3.63) is 0 Å². The molecule has 0 heterocycles. The zero-order chi connectivity index (χ0) is 11.9. The van der Waals surface area contributed by atoms with Gasteiger partial charge in [0, 0.05) is 0 Å². The fourth-order valence-corrected chi connectivity index (χ4v) is 9.33. The fourth-order valence-electron chi connectivity index (χ4n) is 1.58. The molecule has 0 saturated carbocycles. The molecule has 5 heteroatoms. The molecule has 0 saturated heterocycles. The number of hydrogen-bond donors (Lipinski definition) is 3. The van der Waals surface area contributed by atoms with Gasteiger partial charge in [0.05, 0.1) is 0 Å². The van der Waals surface area contributed by atoms with Crippen LogP contribution in [-0.2, 0) is 21.0 Å². The van der Waals surface area contributed by atoms with E-state index in [4.69, 9.17) is 2.87 Å². The Morgan fingerprint density at radius 3 is 1.40 bits per heavy atom. The van der Waals surface area contributed by atoms with Crippen LogP contribution < -0.4 is 9.78 Å². The first-order chi connectivity index (χ1) is 6.89. The molecule has 0 radical (unpaired) electrons. The van der Waals surface area contributed by atoms with Crippen molar-refractivity contribution in [2.75, 3.05) is 19.6 Å². The fraction of sp³-hybridized carbons (Fsp3) is 1.00. The third kappa shape index (κ3) is 6.67. The molecule has 4 nitrogen and oxygen atoms in total. The topological polar surface area (TPSA) is 48.5 Å². The van der Waals surface area contributed by atoms with Crippen molar-refractivity contribution in [2.24, 2.45) is 2.87 Å². The predicted octanol–water partition coefficient (Wildman–Crippen LogP) is 1.70. The van der Waals surface area contributed by atoms with Gasteiger partial charge in [-0.1, -0.05) is 0 Å². The Morgan fingerprint density at radius 2 is 1.20 bits per heavy atom. The van der Waals surface area contributed by atoms with Crippen LogP contribution in [0.3, 0.4) is 0 Å². The van der Waals surface area contributed by atoms with Crippen LogP contribution in [-0.4, -0.2) is 25.2 Å². The van der Waals surface area contributed by atoms with Crippen molar-refractivity contribution in [3.63, 3.8) is 0 Å². The van der Waals surface area contributed by atoms with Gasteiger partial charge in [-0.2, -0.15) is 0 Å². The van der Waals surface area contributed by atoms with E-state index in [1.807, 2.05) is 0 Å². The molecule has 0 aliphatic carbocycles. The summed E-state index contributed by atoms with van der Waals surface area (Å²) in [6, 6.07) is 0. The van der Waals surface area contributed by atoms with E-state index in [0.29, 0.717) is 0 Å². The van der Waals surface area contributed by atoms with Crippen LogP contribution in [0.2, 0.25) is 0 Å². The van der Waals surface area contributed by atoms with Crippen LogP contribution in [0.1, 0.15) is 41.5 Å². The zero-order valence-electron chi connectivity index (χ0n) is 11.1. The van der Waals surface area contributed by atoms with E-state index in [9.17, 15) is 0 Å². The Kier molecular flexibility index (Phi) is 7.26. The van der Waals surface area contributed by atoms with Crippen LogP contribution in [0.4, 0.5) is 0 Å². The quantitative estimate of drug-likeness (QED) is 0.699. The van der Waals surface area contributed by atoms with E-state index in [-0.39, 0.29) is 5.54 Å². The molecule has 0 amide bonds. The maximum atomic E-state index is 4.99. The molecule has 0 bridgehead atoms. The second-order valence-electron chi connectivity index (χ2n) is 4.58. The summed E-state index contributed by atoms with van der Waals surface area (Å²) >= 11 is -2.86. The Labute approximate surface area is 100 Å². The molecule has 0 aromatic rings. The third-order valence-corrected chi connectivity index (χ3v) is 10.7. The second-order valence-corrected chi connectivity index (χ2v) is 11.2. The molecular formula is C10H27N4Zr. The Hall–Kier alpha value is 0.563. The van der Waals surface area contributed by atoms with Gasteiger partial charge in [-0.15, -0.1) is 0 Å². The van der Waals surface area contributed by atoms with Gasteiger partial charge in [0.1, 0.15) is 0 Å². The molecule has 0 rings (SSSR count). The summed E-state index contributed by atoms with van der Waals surface area (Å²) in [5.74, 6) is 0. The molecule has 0 atom stereocenters. The first kappa shape index (κ1) is 15.6. The van der Waals surface area contributed by atoms with E-state index in [1.165, 1.54) is 0 Å². The summed E-state index contributed by atoms with van der Waals surface area (Å²) in [4.78, 5) is 0. The van der Waals surface area contributed by atoms with Gasteiger partial charge in [0.25, 0.3) is 0 Å². The standard InChI is InChI=1S/C4H9N.3C2H6N.Zr/c1-4(2,3)5;3*1-2-3;/h1-3H3;3*3H,2H2,1H3;/q;3*-1;+3. The van der Waals surface area contributed by atoms with Gasteiger partial charge in [0.2, 0.25) is 0 Å². The summed E-state index contributed by atoms with van der Waals surface area (Å²) in [6.07, 6.45) is 0. The Morgan fingerprint density at radius 1 is 0.867 bits per heavy atom. The molecule has 0 aromatic heterocycles.